The first-order valence-corrected chi connectivity index (χ1v) is 3.91. The van der Waals surface area contributed by atoms with Crippen LogP contribution >= 0.6 is 0 Å². The summed E-state index contributed by atoms with van der Waals surface area (Å²) < 4.78 is 0. The fourth-order valence-corrected chi connectivity index (χ4v) is 1.30. The zero-order valence-corrected chi connectivity index (χ0v) is 6.82. The molecule has 13 heavy (non-hydrogen) atoms. The van der Waals surface area contributed by atoms with E-state index in [9.17, 15) is 4.79 Å². The van der Waals surface area contributed by atoms with Gasteiger partial charge in [0.25, 0.3) is 0 Å². The molecule has 1 aliphatic rings. The molecule has 0 saturated carbocycles. The van der Waals surface area contributed by atoms with Gasteiger partial charge in [0.2, 0.25) is 0 Å². The highest BCUT2D eigenvalue weighted by molar-refractivity contribution is 6.20. The first-order chi connectivity index (χ1) is 6.31. The van der Waals surface area contributed by atoms with E-state index in [0.29, 0.717) is 17.0 Å². The third-order valence-electron chi connectivity index (χ3n) is 1.92. The molecule has 62 valence electrons. The summed E-state index contributed by atoms with van der Waals surface area (Å²) in [7, 11) is 0. The smallest absolute Gasteiger partial charge is 0.171 e. The molecule has 0 radical (unpaired) electrons. The second kappa shape index (κ2) is 2.83. The molecule has 0 aliphatic carbocycles. The van der Waals surface area contributed by atoms with Gasteiger partial charge in [-0.05, 0) is 12.1 Å². The number of hydrogen-bond donors (Lipinski definition) is 0. The van der Waals surface area contributed by atoms with E-state index in [1.807, 2.05) is 6.07 Å². The van der Waals surface area contributed by atoms with Crippen molar-refractivity contribution in [1.29, 1.82) is 5.26 Å². The minimum Gasteiger partial charge on any atom is -0.294 e. The molecule has 0 aromatic heterocycles. The van der Waals surface area contributed by atoms with Gasteiger partial charge in [0.15, 0.2) is 5.78 Å². The fourth-order valence-electron chi connectivity index (χ4n) is 1.30. The van der Waals surface area contributed by atoms with Gasteiger partial charge in [-0.2, -0.15) is 5.26 Å². The molecule has 0 amide bonds. The summed E-state index contributed by atoms with van der Waals surface area (Å²) in [6.07, 6.45) is 0.132. The van der Waals surface area contributed by atoms with Crippen molar-refractivity contribution in [2.75, 3.05) is 0 Å². The Morgan fingerprint density at radius 2 is 2.15 bits per heavy atom. The number of benzene rings is 1. The molecule has 3 nitrogen and oxygen atoms in total. The number of nitrogens with zero attached hydrogens (tertiary/aromatic N) is 2. The van der Waals surface area contributed by atoms with E-state index in [2.05, 4.69) is 4.99 Å². The van der Waals surface area contributed by atoms with Crippen molar-refractivity contribution >= 4 is 17.2 Å². The lowest BCUT2D eigenvalue weighted by atomic mass is 10.0. The van der Waals surface area contributed by atoms with Gasteiger partial charge in [-0.15, -0.1) is 0 Å². The van der Waals surface area contributed by atoms with Crippen molar-refractivity contribution in [3.63, 3.8) is 0 Å². The van der Waals surface area contributed by atoms with Gasteiger partial charge in [0.1, 0.15) is 11.8 Å². The Bertz CT molecular complexity index is 440. The molecule has 1 heterocycles. The minimum atomic E-state index is -0.0258. The number of nitriles is 1. The second-order valence-electron chi connectivity index (χ2n) is 2.79. The van der Waals surface area contributed by atoms with E-state index in [0.717, 1.165) is 0 Å². The lowest BCUT2D eigenvalue weighted by molar-refractivity contribution is 0.1000. The zero-order valence-electron chi connectivity index (χ0n) is 6.82. The molecule has 1 aromatic carbocycles. The van der Waals surface area contributed by atoms with Crippen LogP contribution in [0.4, 0.5) is 5.69 Å². The first-order valence-electron chi connectivity index (χ1n) is 3.91. The third-order valence-corrected chi connectivity index (χ3v) is 1.92. The number of Topliss-reactive ketones (excluding diaryl/α,β-unsaturated/α-hetero) is 1. The van der Waals surface area contributed by atoms with Crippen molar-refractivity contribution in [3.05, 3.63) is 29.8 Å². The molecule has 0 N–H and O–H groups in total. The number of rotatable bonds is 0. The summed E-state index contributed by atoms with van der Waals surface area (Å²) in [6.45, 7) is 0. The molecule has 1 aromatic rings. The normalized spacial score (nSPS) is 14.4. The molecular weight excluding hydrogens is 164 g/mol. The Kier molecular flexibility index (Phi) is 1.67. The van der Waals surface area contributed by atoms with Gasteiger partial charge in [-0.1, -0.05) is 12.1 Å². The number of carbonyl (C=O) groups is 1. The predicted molar refractivity (Wildman–Crippen MR) is 48.1 cm³/mol. The summed E-state index contributed by atoms with van der Waals surface area (Å²) in [5.74, 6) is -0.0258. The van der Waals surface area contributed by atoms with E-state index in [1.54, 1.807) is 24.3 Å². The lowest BCUT2D eigenvalue weighted by Gasteiger charge is -2.09. The highest BCUT2D eigenvalue weighted by Crippen LogP contribution is 2.24. The predicted octanol–water partition coefficient (Wildman–Crippen LogP) is 1.87. The molecule has 0 atom stereocenters. The molecule has 0 fully saturated rings. The van der Waals surface area contributed by atoms with Crippen molar-refractivity contribution in [3.8, 4) is 6.07 Å². The average Bonchev–Trinajstić information content (AvgIpc) is 2.18. The summed E-state index contributed by atoms with van der Waals surface area (Å²) in [6, 6.07) is 8.97. The van der Waals surface area contributed by atoms with Crippen molar-refractivity contribution < 1.29 is 4.79 Å². The van der Waals surface area contributed by atoms with Crippen LogP contribution in [0.3, 0.4) is 0 Å². The Morgan fingerprint density at radius 1 is 1.38 bits per heavy atom. The standard InChI is InChI=1S/C10H6N2O/c11-6-7-5-10(13)8-3-1-2-4-9(8)12-7/h1-4H,5H2. The maximum absolute atomic E-state index is 11.4. The molecule has 0 bridgehead atoms. The number of para-hydroxylation sites is 1. The number of carbonyl (C=O) groups excluding carboxylic acids is 1. The molecule has 3 heteroatoms. The second-order valence-corrected chi connectivity index (χ2v) is 2.79. The number of ketones is 1. The molecule has 0 saturated heterocycles. The SMILES string of the molecule is N#CC1=Nc2ccccc2C(=O)C1. The summed E-state index contributed by atoms with van der Waals surface area (Å²) in [5, 5.41) is 8.60. The van der Waals surface area contributed by atoms with Crippen LogP contribution in [0.5, 0.6) is 0 Å². The van der Waals surface area contributed by atoms with Crippen molar-refractivity contribution in [1.82, 2.24) is 0 Å². The fraction of sp³-hybridized carbons (Fsp3) is 0.100. The van der Waals surface area contributed by atoms with E-state index >= 15 is 0 Å². The van der Waals surface area contributed by atoms with E-state index in [4.69, 9.17) is 5.26 Å². The van der Waals surface area contributed by atoms with Gasteiger partial charge >= 0.3 is 0 Å². The summed E-state index contributed by atoms with van der Waals surface area (Å²) in [4.78, 5) is 15.5. The average molecular weight is 170 g/mol. The molecule has 0 unspecified atom stereocenters. The zero-order chi connectivity index (χ0) is 9.26. The summed E-state index contributed by atoms with van der Waals surface area (Å²) in [5.41, 5.74) is 1.51. The van der Waals surface area contributed by atoms with Gasteiger partial charge in [0, 0.05) is 5.56 Å². The monoisotopic (exact) mass is 170 g/mol. The largest absolute Gasteiger partial charge is 0.294 e. The van der Waals surface area contributed by atoms with Crippen LogP contribution in [0.15, 0.2) is 29.3 Å². The quantitative estimate of drug-likeness (QED) is 0.596. The Morgan fingerprint density at radius 3 is 2.92 bits per heavy atom. The third kappa shape index (κ3) is 1.23. The van der Waals surface area contributed by atoms with Gasteiger partial charge in [-0.25, -0.2) is 4.99 Å². The van der Waals surface area contributed by atoms with Crippen LogP contribution in [0.25, 0.3) is 0 Å². The maximum Gasteiger partial charge on any atom is 0.171 e. The Balaban J connectivity index is 2.61. The van der Waals surface area contributed by atoms with Crippen LogP contribution in [0.1, 0.15) is 16.8 Å². The van der Waals surface area contributed by atoms with Crippen LogP contribution < -0.4 is 0 Å². The van der Waals surface area contributed by atoms with E-state index < -0.39 is 0 Å². The number of aliphatic imine (C=N–C) groups is 1. The van der Waals surface area contributed by atoms with Crippen molar-refractivity contribution in [2.45, 2.75) is 6.42 Å². The highest BCUT2D eigenvalue weighted by atomic mass is 16.1. The van der Waals surface area contributed by atoms with E-state index in [-0.39, 0.29) is 12.2 Å². The highest BCUT2D eigenvalue weighted by Gasteiger charge is 2.18. The van der Waals surface area contributed by atoms with Crippen LogP contribution in [0.2, 0.25) is 0 Å². The topological polar surface area (TPSA) is 53.2 Å². The van der Waals surface area contributed by atoms with Crippen LogP contribution in [-0.2, 0) is 0 Å². The molecular formula is C10H6N2O. The minimum absolute atomic E-state index is 0.0258. The lowest BCUT2D eigenvalue weighted by Crippen LogP contribution is -2.11. The molecule has 2 rings (SSSR count). The van der Waals surface area contributed by atoms with Crippen molar-refractivity contribution in [2.24, 2.45) is 4.99 Å². The van der Waals surface area contributed by atoms with Gasteiger partial charge < -0.3 is 0 Å². The Hall–Kier alpha value is -1.95. The van der Waals surface area contributed by atoms with Crippen LogP contribution in [0, 0.1) is 11.3 Å². The Labute approximate surface area is 75.3 Å². The first kappa shape index (κ1) is 7.69. The number of hydrogen-bond acceptors (Lipinski definition) is 3. The van der Waals surface area contributed by atoms with Gasteiger partial charge in [0.05, 0.1) is 12.1 Å². The molecule has 0 spiro atoms. The number of fused-ring (bicyclic) bond motifs is 1. The molecule has 1 aliphatic heterocycles. The maximum atomic E-state index is 11.4. The van der Waals surface area contributed by atoms with E-state index in [1.165, 1.54) is 0 Å². The van der Waals surface area contributed by atoms with Gasteiger partial charge in [-0.3, -0.25) is 4.79 Å². The summed E-state index contributed by atoms with van der Waals surface area (Å²) >= 11 is 0. The van der Waals surface area contributed by atoms with Crippen LogP contribution in [-0.4, -0.2) is 11.5 Å².